The second-order valence-corrected chi connectivity index (χ2v) is 6.21. The van der Waals surface area contributed by atoms with Crippen molar-refractivity contribution < 1.29 is 4.39 Å². The van der Waals surface area contributed by atoms with Crippen molar-refractivity contribution in [2.24, 2.45) is 0 Å². The van der Waals surface area contributed by atoms with Gasteiger partial charge in [0.25, 0.3) is 0 Å². The molecule has 0 aliphatic rings. The molecule has 2 rings (SSSR count). The third-order valence-electron chi connectivity index (χ3n) is 3.07. The summed E-state index contributed by atoms with van der Waals surface area (Å²) < 4.78 is 14.1. The van der Waals surface area contributed by atoms with Gasteiger partial charge in [0.15, 0.2) is 0 Å². The molecule has 1 unspecified atom stereocenters. The van der Waals surface area contributed by atoms with Crippen molar-refractivity contribution in [2.75, 3.05) is 0 Å². The topological polar surface area (TPSA) is 0 Å². The highest BCUT2D eigenvalue weighted by Gasteiger charge is 2.15. The fourth-order valence-electron chi connectivity index (χ4n) is 2.04. The Labute approximate surface area is 130 Å². The molecule has 0 nitrogen and oxygen atoms in total. The molecule has 0 heterocycles. The maximum absolute atomic E-state index is 13.6. The van der Waals surface area contributed by atoms with E-state index < -0.39 is 0 Å². The van der Waals surface area contributed by atoms with Gasteiger partial charge in [-0.25, -0.2) is 4.39 Å². The lowest BCUT2D eigenvalue weighted by molar-refractivity contribution is 0.619. The zero-order chi connectivity index (χ0) is 13.8. The maximum Gasteiger partial charge on any atom is 0.137 e. The average molecular weight is 386 g/mol. The summed E-state index contributed by atoms with van der Waals surface area (Å²) in [4.78, 5) is -0.00625. The molecule has 0 fully saturated rings. The first-order valence-corrected chi connectivity index (χ1v) is 8.01. The Bertz CT molecular complexity index is 549. The van der Waals surface area contributed by atoms with Crippen LogP contribution in [0.5, 0.6) is 0 Å². The van der Waals surface area contributed by atoms with Crippen LogP contribution >= 0.6 is 31.9 Å². The van der Waals surface area contributed by atoms with Crippen molar-refractivity contribution in [3.05, 3.63) is 69.4 Å². The van der Waals surface area contributed by atoms with Gasteiger partial charge in [0.1, 0.15) is 5.82 Å². The molecule has 3 heteroatoms. The summed E-state index contributed by atoms with van der Waals surface area (Å²) in [6, 6.07) is 13.6. The number of alkyl halides is 1. The molecule has 100 valence electrons. The summed E-state index contributed by atoms with van der Waals surface area (Å²) in [7, 11) is 0. The van der Waals surface area contributed by atoms with Crippen molar-refractivity contribution in [2.45, 2.75) is 24.6 Å². The summed E-state index contributed by atoms with van der Waals surface area (Å²) in [5.41, 5.74) is 3.37. The number of benzene rings is 2. The maximum atomic E-state index is 13.6. The lowest BCUT2D eigenvalue weighted by Gasteiger charge is -2.13. The van der Waals surface area contributed by atoms with Crippen LogP contribution in [0.1, 0.15) is 34.9 Å². The summed E-state index contributed by atoms with van der Waals surface area (Å²) in [5, 5.41) is 0. The first-order valence-electron chi connectivity index (χ1n) is 6.30. The van der Waals surface area contributed by atoms with E-state index in [1.165, 1.54) is 11.6 Å². The van der Waals surface area contributed by atoms with Gasteiger partial charge in [0.2, 0.25) is 0 Å². The van der Waals surface area contributed by atoms with Crippen molar-refractivity contribution in [1.82, 2.24) is 0 Å². The highest BCUT2D eigenvalue weighted by Crippen LogP contribution is 2.36. The van der Waals surface area contributed by atoms with E-state index in [9.17, 15) is 4.39 Å². The SMILES string of the molecule is CCCc1ccc(C(Br)c2cccc(F)c2Br)cc1. The Kier molecular flexibility index (Phi) is 5.17. The molecular formula is C16H15Br2F. The van der Waals surface area contributed by atoms with Crippen LogP contribution in [0.3, 0.4) is 0 Å². The minimum Gasteiger partial charge on any atom is -0.206 e. The van der Waals surface area contributed by atoms with Crippen molar-refractivity contribution >= 4 is 31.9 Å². The van der Waals surface area contributed by atoms with Crippen LogP contribution < -0.4 is 0 Å². The highest BCUT2D eigenvalue weighted by atomic mass is 79.9. The van der Waals surface area contributed by atoms with Gasteiger partial charge >= 0.3 is 0 Å². The largest absolute Gasteiger partial charge is 0.206 e. The highest BCUT2D eigenvalue weighted by molar-refractivity contribution is 9.11. The molecule has 0 radical (unpaired) electrons. The van der Waals surface area contributed by atoms with Gasteiger partial charge in [0.05, 0.1) is 9.30 Å². The number of hydrogen-bond donors (Lipinski definition) is 0. The zero-order valence-corrected chi connectivity index (χ0v) is 13.8. The summed E-state index contributed by atoms with van der Waals surface area (Å²) in [5.74, 6) is -0.232. The van der Waals surface area contributed by atoms with Crippen LogP contribution in [0.15, 0.2) is 46.9 Å². The van der Waals surface area contributed by atoms with E-state index >= 15 is 0 Å². The molecular weight excluding hydrogens is 371 g/mol. The van der Waals surface area contributed by atoms with Crippen molar-refractivity contribution in [3.63, 3.8) is 0 Å². The van der Waals surface area contributed by atoms with Gasteiger partial charge in [-0.05, 0) is 45.1 Å². The quantitative estimate of drug-likeness (QED) is 0.564. The van der Waals surface area contributed by atoms with E-state index in [-0.39, 0.29) is 10.6 Å². The fourth-order valence-corrected chi connectivity index (χ4v) is 3.52. The van der Waals surface area contributed by atoms with E-state index in [0.29, 0.717) is 4.47 Å². The normalized spacial score (nSPS) is 12.4. The molecule has 0 saturated carbocycles. The van der Waals surface area contributed by atoms with Crippen LogP contribution in [-0.4, -0.2) is 0 Å². The van der Waals surface area contributed by atoms with Gasteiger partial charge in [0, 0.05) is 0 Å². The Balaban J connectivity index is 2.28. The van der Waals surface area contributed by atoms with Gasteiger partial charge in [-0.15, -0.1) is 0 Å². The van der Waals surface area contributed by atoms with E-state index in [4.69, 9.17) is 0 Å². The number of aryl methyl sites for hydroxylation is 1. The Morgan fingerprint density at radius 2 is 1.79 bits per heavy atom. The lowest BCUT2D eigenvalue weighted by Crippen LogP contribution is -1.96. The van der Waals surface area contributed by atoms with Crippen LogP contribution in [0.2, 0.25) is 0 Å². The molecule has 1 atom stereocenters. The Morgan fingerprint density at radius 1 is 1.11 bits per heavy atom. The van der Waals surface area contributed by atoms with Crippen LogP contribution in [0.25, 0.3) is 0 Å². The predicted octanol–water partition coefficient (Wildman–Crippen LogP) is 6.03. The summed E-state index contributed by atoms with van der Waals surface area (Å²) in [6.45, 7) is 2.17. The van der Waals surface area contributed by atoms with E-state index in [1.54, 1.807) is 6.07 Å². The molecule has 0 saturated heterocycles. The molecule has 0 aliphatic carbocycles. The van der Waals surface area contributed by atoms with E-state index in [2.05, 4.69) is 63.0 Å². The Hall–Kier alpha value is -0.670. The monoisotopic (exact) mass is 384 g/mol. The summed E-state index contributed by atoms with van der Waals surface area (Å²) >= 11 is 6.96. The predicted molar refractivity (Wildman–Crippen MR) is 85.3 cm³/mol. The third kappa shape index (κ3) is 3.46. The molecule has 2 aromatic carbocycles. The lowest BCUT2D eigenvalue weighted by atomic mass is 10.0. The van der Waals surface area contributed by atoms with Crippen LogP contribution in [0.4, 0.5) is 4.39 Å². The molecule has 0 aromatic heterocycles. The van der Waals surface area contributed by atoms with Gasteiger partial charge in [-0.1, -0.05) is 65.7 Å². The molecule has 0 amide bonds. The minimum atomic E-state index is -0.232. The Morgan fingerprint density at radius 3 is 2.42 bits per heavy atom. The van der Waals surface area contributed by atoms with Crippen LogP contribution in [-0.2, 0) is 6.42 Å². The van der Waals surface area contributed by atoms with Gasteiger partial charge in [-0.3, -0.25) is 0 Å². The number of halogens is 3. The number of rotatable bonds is 4. The minimum absolute atomic E-state index is 0.00625. The second kappa shape index (κ2) is 6.67. The van der Waals surface area contributed by atoms with Crippen molar-refractivity contribution in [1.29, 1.82) is 0 Å². The third-order valence-corrected chi connectivity index (χ3v) is 4.92. The van der Waals surface area contributed by atoms with E-state index in [1.807, 2.05) is 6.07 Å². The first-order chi connectivity index (χ1) is 9.13. The number of hydrogen-bond acceptors (Lipinski definition) is 0. The molecule has 19 heavy (non-hydrogen) atoms. The second-order valence-electron chi connectivity index (χ2n) is 4.50. The molecule has 0 N–H and O–H groups in total. The summed E-state index contributed by atoms with van der Waals surface area (Å²) in [6.07, 6.45) is 2.24. The van der Waals surface area contributed by atoms with Gasteiger partial charge in [-0.2, -0.15) is 0 Å². The smallest absolute Gasteiger partial charge is 0.137 e. The fraction of sp³-hybridized carbons (Fsp3) is 0.250. The molecule has 0 aliphatic heterocycles. The van der Waals surface area contributed by atoms with E-state index in [0.717, 1.165) is 24.0 Å². The van der Waals surface area contributed by atoms with Crippen molar-refractivity contribution in [3.8, 4) is 0 Å². The molecule has 2 aromatic rings. The van der Waals surface area contributed by atoms with Gasteiger partial charge < -0.3 is 0 Å². The van der Waals surface area contributed by atoms with Crippen LogP contribution in [0, 0.1) is 5.82 Å². The zero-order valence-electron chi connectivity index (χ0n) is 10.7. The molecule has 0 spiro atoms. The first kappa shape index (κ1) is 14.7. The average Bonchev–Trinajstić information content (AvgIpc) is 2.42. The molecule has 0 bridgehead atoms. The standard InChI is InChI=1S/C16H15Br2F/c1-2-4-11-7-9-12(10-8-11)15(17)13-5-3-6-14(19)16(13)18/h3,5-10,15H,2,4H2,1H3.